The normalized spacial score (nSPS) is 23.0. The number of aromatic nitrogens is 1. The Balaban J connectivity index is 1.30. The number of anilines is 1. The second-order valence-corrected chi connectivity index (χ2v) is 12.1. The average Bonchev–Trinajstić information content (AvgIpc) is 2.83. The molecule has 9 heteroatoms. The molecular weight excluding hydrogens is 472 g/mol. The number of amides is 3. The number of rotatable bonds is 4. The van der Waals surface area contributed by atoms with Gasteiger partial charge in [-0.25, -0.2) is 4.98 Å². The van der Waals surface area contributed by atoms with Gasteiger partial charge in [0.05, 0.1) is 11.3 Å². The largest absolute Gasteiger partial charge is 0.460 e. The molecule has 3 aliphatic heterocycles. The summed E-state index contributed by atoms with van der Waals surface area (Å²) in [6.45, 7) is 12.2. The van der Waals surface area contributed by atoms with Crippen molar-refractivity contribution in [2.45, 2.75) is 84.7 Å². The molecule has 3 fully saturated rings. The molecule has 0 bridgehead atoms. The molecular formula is C28H40N4O5. The Bertz CT molecular complexity index is 1060. The van der Waals surface area contributed by atoms with Crippen LogP contribution in [-0.4, -0.2) is 65.4 Å². The van der Waals surface area contributed by atoms with Gasteiger partial charge in [-0.1, -0.05) is 6.07 Å². The van der Waals surface area contributed by atoms with Crippen LogP contribution in [0.2, 0.25) is 0 Å². The first-order chi connectivity index (χ1) is 17.4. The molecule has 1 N–H and O–H groups in total. The molecule has 0 aromatic carbocycles. The molecule has 1 aromatic rings. The van der Waals surface area contributed by atoms with Gasteiger partial charge >= 0.3 is 5.97 Å². The molecule has 1 atom stereocenters. The highest BCUT2D eigenvalue weighted by Gasteiger charge is 2.42. The number of imide groups is 1. The molecule has 3 saturated heterocycles. The lowest BCUT2D eigenvalue weighted by Gasteiger charge is -2.41. The van der Waals surface area contributed by atoms with Crippen LogP contribution in [0.25, 0.3) is 0 Å². The lowest BCUT2D eigenvalue weighted by molar-refractivity contribution is -0.170. The minimum atomic E-state index is -0.545. The Morgan fingerprint density at radius 3 is 2.30 bits per heavy atom. The quantitative estimate of drug-likeness (QED) is 0.488. The number of nitrogens with zero attached hydrogens (tertiary/aromatic N) is 3. The Morgan fingerprint density at radius 1 is 1.08 bits per heavy atom. The highest BCUT2D eigenvalue weighted by atomic mass is 16.6. The fourth-order valence-electron chi connectivity index (χ4n) is 5.55. The predicted octanol–water partition coefficient (Wildman–Crippen LogP) is 3.10. The molecule has 0 saturated carbocycles. The van der Waals surface area contributed by atoms with Crippen LogP contribution in [0.4, 0.5) is 5.82 Å². The molecule has 0 radical (unpaired) electrons. The molecule has 202 valence electrons. The zero-order valence-electron chi connectivity index (χ0n) is 22.8. The van der Waals surface area contributed by atoms with E-state index < -0.39 is 11.0 Å². The van der Waals surface area contributed by atoms with Gasteiger partial charge < -0.3 is 14.5 Å². The van der Waals surface area contributed by atoms with Gasteiger partial charge in [-0.3, -0.25) is 24.5 Å². The molecule has 3 aliphatic rings. The van der Waals surface area contributed by atoms with Crippen LogP contribution in [0.15, 0.2) is 12.3 Å². The van der Waals surface area contributed by atoms with Crippen LogP contribution in [0.3, 0.4) is 0 Å². The van der Waals surface area contributed by atoms with Crippen molar-refractivity contribution in [1.29, 1.82) is 0 Å². The van der Waals surface area contributed by atoms with E-state index in [1.165, 1.54) is 0 Å². The van der Waals surface area contributed by atoms with Gasteiger partial charge in [0.2, 0.25) is 17.7 Å². The topological polar surface area (TPSA) is 109 Å². The minimum absolute atomic E-state index is 0.0230. The summed E-state index contributed by atoms with van der Waals surface area (Å²) in [4.78, 5) is 58.4. The Labute approximate surface area is 219 Å². The summed E-state index contributed by atoms with van der Waals surface area (Å²) in [5, 5.41) is 2.41. The maximum atomic E-state index is 13.3. The monoisotopic (exact) mass is 512 g/mol. The lowest BCUT2D eigenvalue weighted by atomic mass is 9.79. The van der Waals surface area contributed by atoms with Crippen molar-refractivity contribution >= 4 is 29.5 Å². The highest BCUT2D eigenvalue weighted by molar-refractivity contribution is 6.00. The maximum Gasteiger partial charge on any atom is 0.312 e. The minimum Gasteiger partial charge on any atom is -0.460 e. The summed E-state index contributed by atoms with van der Waals surface area (Å²) in [6.07, 6.45) is 5.35. The van der Waals surface area contributed by atoms with Crippen LogP contribution in [0.5, 0.6) is 0 Å². The average molecular weight is 513 g/mol. The van der Waals surface area contributed by atoms with E-state index in [2.05, 4.69) is 15.2 Å². The number of hydrogen-bond acceptors (Lipinski definition) is 7. The fourth-order valence-corrected chi connectivity index (χ4v) is 5.55. The standard InChI is InChI=1S/C28H40N4O5/c1-18-16-20(21-6-7-22(33)30-24(21)34)17-29-23(18)31-12-8-19(9-13-31)25(35)32-14-10-28(5,11-15-32)26(36)37-27(2,3)4/h16-17,19,21H,6-15H2,1-5H3,(H,30,33,34). The van der Waals surface area contributed by atoms with Gasteiger partial charge in [0.25, 0.3) is 0 Å². The molecule has 4 rings (SSSR count). The number of piperidine rings is 3. The predicted molar refractivity (Wildman–Crippen MR) is 139 cm³/mol. The zero-order valence-corrected chi connectivity index (χ0v) is 22.8. The van der Waals surface area contributed by atoms with Crippen molar-refractivity contribution in [2.24, 2.45) is 11.3 Å². The zero-order chi connectivity index (χ0) is 27.0. The number of pyridine rings is 1. The van der Waals surface area contributed by atoms with Gasteiger partial charge in [0.1, 0.15) is 11.4 Å². The van der Waals surface area contributed by atoms with Crippen molar-refractivity contribution in [1.82, 2.24) is 15.2 Å². The fraction of sp³-hybridized carbons (Fsp3) is 0.679. The van der Waals surface area contributed by atoms with E-state index in [0.717, 1.165) is 42.9 Å². The highest BCUT2D eigenvalue weighted by Crippen LogP contribution is 2.35. The van der Waals surface area contributed by atoms with Crippen LogP contribution in [0, 0.1) is 18.3 Å². The number of aryl methyl sites for hydroxylation is 1. The van der Waals surface area contributed by atoms with E-state index in [-0.39, 0.29) is 35.5 Å². The van der Waals surface area contributed by atoms with Gasteiger partial charge in [-0.2, -0.15) is 0 Å². The number of esters is 1. The summed E-state index contributed by atoms with van der Waals surface area (Å²) in [6, 6.07) is 2.00. The van der Waals surface area contributed by atoms with E-state index in [4.69, 9.17) is 4.74 Å². The van der Waals surface area contributed by atoms with Crippen LogP contribution < -0.4 is 10.2 Å². The molecule has 1 aromatic heterocycles. The number of ether oxygens (including phenoxy) is 1. The number of nitrogens with one attached hydrogen (secondary N) is 1. The summed E-state index contributed by atoms with van der Waals surface area (Å²) in [5.41, 5.74) is 0.764. The van der Waals surface area contributed by atoms with E-state index in [9.17, 15) is 19.2 Å². The third-order valence-corrected chi connectivity index (χ3v) is 7.93. The lowest BCUT2D eigenvalue weighted by Crippen LogP contribution is -2.50. The van der Waals surface area contributed by atoms with Crippen LogP contribution >= 0.6 is 0 Å². The van der Waals surface area contributed by atoms with Crippen molar-refractivity contribution < 1.29 is 23.9 Å². The second-order valence-electron chi connectivity index (χ2n) is 12.1. The Hall–Kier alpha value is -2.97. The number of carbonyl (C=O) groups excluding carboxylic acids is 4. The van der Waals surface area contributed by atoms with Gasteiger partial charge in [-0.15, -0.1) is 0 Å². The molecule has 1 unspecified atom stereocenters. The molecule has 9 nitrogen and oxygen atoms in total. The van der Waals surface area contributed by atoms with Gasteiger partial charge in [0.15, 0.2) is 0 Å². The van der Waals surface area contributed by atoms with Crippen molar-refractivity contribution in [2.75, 3.05) is 31.1 Å². The number of likely N-dealkylation sites (tertiary alicyclic amines) is 1. The summed E-state index contributed by atoms with van der Waals surface area (Å²) < 4.78 is 5.62. The van der Waals surface area contributed by atoms with Crippen LogP contribution in [-0.2, 0) is 23.9 Å². The number of hydrogen-bond donors (Lipinski definition) is 1. The first-order valence-electron chi connectivity index (χ1n) is 13.4. The first kappa shape index (κ1) is 27.1. The van der Waals surface area contributed by atoms with Gasteiger partial charge in [0, 0.05) is 44.7 Å². The van der Waals surface area contributed by atoms with Crippen molar-refractivity contribution in [3.63, 3.8) is 0 Å². The van der Waals surface area contributed by atoms with E-state index in [0.29, 0.717) is 38.8 Å². The van der Waals surface area contributed by atoms with Crippen molar-refractivity contribution in [3.8, 4) is 0 Å². The Kier molecular flexibility index (Phi) is 7.62. The second kappa shape index (κ2) is 10.4. The summed E-state index contributed by atoms with van der Waals surface area (Å²) in [5.74, 6) is 0.0483. The first-order valence-corrected chi connectivity index (χ1v) is 13.4. The molecule has 3 amide bonds. The molecule has 37 heavy (non-hydrogen) atoms. The SMILES string of the molecule is Cc1cc(C2CCC(=O)NC2=O)cnc1N1CCC(C(=O)N2CCC(C)(C(=O)OC(C)(C)C)CC2)CC1. The summed E-state index contributed by atoms with van der Waals surface area (Å²) in [7, 11) is 0. The number of carbonyl (C=O) groups is 4. The third-order valence-electron chi connectivity index (χ3n) is 7.93. The van der Waals surface area contributed by atoms with Crippen LogP contribution in [0.1, 0.15) is 83.3 Å². The smallest absolute Gasteiger partial charge is 0.312 e. The third kappa shape index (κ3) is 6.13. The molecule has 0 spiro atoms. The molecule has 4 heterocycles. The maximum absolute atomic E-state index is 13.3. The van der Waals surface area contributed by atoms with Gasteiger partial charge in [-0.05, 0) is 77.8 Å². The summed E-state index contributed by atoms with van der Waals surface area (Å²) >= 11 is 0. The van der Waals surface area contributed by atoms with E-state index in [1.807, 2.05) is 45.6 Å². The Morgan fingerprint density at radius 2 is 1.73 bits per heavy atom. The van der Waals surface area contributed by atoms with Crippen molar-refractivity contribution in [3.05, 3.63) is 23.4 Å². The van der Waals surface area contributed by atoms with E-state index >= 15 is 0 Å². The van der Waals surface area contributed by atoms with E-state index in [1.54, 1.807) is 6.20 Å². The molecule has 0 aliphatic carbocycles.